The zero-order chi connectivity index (χ0) is 20.8. The molecule has 1 amide bonds. The Kier molecular flexibility index (Phi) is 6.84. The summed E-state index contributed by atoms with van der Waals surface area (Å²) in [6.45, 7) is 7.74. The molecule has 5 nitrogen and oxygen atoms in total. The molecular formula is C23H27FN4O. The summed E-state index contributed by atoms with van der Waals surface area (Å²) in [5, 5.41) is 8.89. The summed E-state index contributed by atoms with van der Waals surface area (Å²) >= 11 is 0. The molecule has 2 aromatic carbocycles. The second-order valence-corrected chi connectivity index (χ2v) is 7.64. The molecule has 0 aliphatic carbocycles. The molecule has 6 heteroatoms. The van der Waals surface area contributed by atoms with E-state index >= 15 is 0 Å². The Morgan fingerprint density at radius 1 is 1.14 bits per heavy atom. The Bertz CT molecular complexity index is 870. The van der Waals surface area contributed by atoms with Gasteiger partial charge in [0.2, 0.25) is 5.91 Å². The highest BCUT2D eigenvalue weighted by atomic mass is 19.1. The SMILES string of the molecule is CC(C)N(Cc1ccccc1)C(=O)CN1CCN(c2ccc(C#N)cc2F)CC1. The fourth-order valence-corrected chi connectivity index (χ4v) is 3.60. The molecular weight excluding hydrogens is 367 g/mol. The van der Waals surface area contributed by atoms with E-state index in [4.69, 9.17) is 5.26 Å². The Morgan fingerprint density at radius 2 is 1.83 bits per heavy atom. The van der Waals surface area contributed by atoms with Crippen LogP contribution >= 0.6 is 0 Å². The number of nitriles is 1. The molecule has 0 spiro atoms. The number of amides is 1. The van der Waals surface area contributed by atoms with Crippen LogP contribution in [0, 0.1) is 17.1 Å². The van der Waals surface area contributed by atoms with Crippen molar-refractivity contribution >= 4 is 11.6 Å². The van der Waals surface area contributed by atoms with Gasteiger partial charge in [-0.25, -0.2) is 4.39 Å². The van der Waals surface area contributed by atoms with E-state index in [9.17, 15) is 9.18 Å². The Hall–Kier alpha value is -2.91. The molecule has 0 bridgehead atoms. The van der Waals surface area contributed by atoms with Gasteiger partial charge in [-0.05, 0) is 37.6 Å². The maximum Gasteiger partial charge on any atom is 0.237 e. The van der Waals surface area contributed by atoms with Gasteiger partial charge in [-0.1, -0.05) is 30.3 Å². The van der Waals surface area contributed by atoms with Gasteiger partial charge < -0.3 is 9.80 Å². The molecule has 0 unspecified atom stereocenters. The van der Waals surface area contributed by atoms with Crippen LogP contribution in [0.2, 0.25) is 0 Å². The van der Waals surface area contributed by atoms with Crippen molar-refractivity contribution in [2.75, 3.05) is 37.6 Å². The normalized spacial score (nSPS) is 14.7. The molecule has 1 fully saturated rings. The summed E-state index contributed by atoms with van der Waals surface area (Å²) in [5.74, 6) is -0.260. The largest absolute Gasteiger partial charge is 0.367 e. The van der Waals surface area contributed by atoms with Crippen LogP contribution < -0.4 is 4.90 Å². The molecule has 29 heavy (non-hydrogen) atoms. The number of anilines is 1. The van der Waals surface area contributed by atoms with E-state index in [0.717, 1.165) is 5.56 Å². The number of nitrogens with zero attached hydrogens (tertiary/aromatic N) is 4. The van der Waals surface area contributed by atoms with E-state index < -0.39 is 0 Å². The van der Waals surface area contributed by atoms with E-state index in [1.165, 1.54) is 6.07 Å². The first-order valence-corrected chi connectivity index (χ1v) is 9.98. The number of carbonyl (C=O) groups excluding carboxylic acids is 1. The second kappa shape index (κ2) is 9.53. The Morgan fingerprint density at radius 3 is 2.41 bits per heavy atom. The Labute approximate surface area is 171 Å². The predicted octanol–water partition coefficient (Wildman–Crippen LogP) is 3.26. The van der Waals surface area contributed by atoms with E-state index in [1.54, 1.807) is 12.1 Å². The number of rotatable bonds is 6. The summed E-state index contributed by atoms with van der Waals surface area (Å²) in [5.41, 5.74) is 1.96. The zero-order valence-corrected chi connectivity index (χ0v) is 17.0. The highest BCUT2D eigenvalue weighted by molar-refractivity contribution is 5.78. The van der Waals surface area contributed by atoms with Crippen LogP contribution in [0.1, 0.15) is 25.0 Å². The molecule has 0 radical (unpaired) electrons. The highest BCUT2D eigenvalue weighted by Gasteiger charge is 2.24. The van der Waals surface area contributed by atoms with Crippen molar-refractivity contribution in [3.63, 3.8) is 0 Å². The van der Waals surface area contributed by atoms with Gasteiger partial charge in [-0.15, -0.1) is 0 Å². The van der Waals surface area contributed by atoms with Gasteiger partial charge in [-0.3, -0.25) is 9.69 Å². The van der Waals surface area contributed by atoms with Crippen LogP contribution in [0.3, 0.4) is 0 Å². The first kappa shape index (κ1) is 20.8. The standard InChI is InChI=1S/C23H27FN4O/c1-18(2)28(16-19-6-4-3-5-7-19)23(29)17-26-10-12-27(13-11-26)22-9-8-20(15-25)14-21(22)24/h3-9,14,18H,10-13,16-17H2,1-2H3. The molecule has 152 valence electrons. The van der Waals surface area contributed by atoms with Crippen LogP contribution in [0.25, 0.3) is 0 Å². The highest BCUT2D eigenvalue weighted by Crippen LogP contribution is 2.22. The van der Waals surface area contributed by atoms with Gasteiger partial charge in [0.1, 0.15) is 5.82 Å². The van der Waals surface area contributed by atoms with Crippen LogP contribution in [0.15, 0.2) is 48.5 Å². The first-order chi connectivity index (χ1) is 14.0. The Balaban J connectivity index is 1.56. The fraction of sp³-hybridized carbons (Fsp3) is 0.391. The quantitative estimate of drug-likeness (QED) is 0.755. The van der Waals surface area contributed by atoms with Crippen LogP contribution in [0.5, 0.6) is 0 Å². The molecule has 1 saturated heterocycles. The van der Waals surface area contributed by atoms with Crippen molar-refractivity contribution in [2.24, 2.45) is 0 Å². The van der Waals surface area contributed by atoms with E-state index in [2.05, 4.69) is 4.90 Å². The lowest BCUT2D eigenvalue weighted by Crippen LogP contribution is -2.51. The molecule has 0 atom stereocenters. The number of carbonyl (C=O) groups is 1. The summed E-state index contributed by atoms with van der Waals surface area (Å²) in [7, 11) is 0. The third-order valence-corrected chi connectivity index (χ3v) is 5.29. The maximum absolute atomic E-state index is 14.3. The number of halogens is 1. The molecule has 2 aromatic rings. The summed E-state index contributed by atoms with van der Waals surface area (Å²) < 4.78 is 14.3. The zero-order valence-electron chi connectivity index (χ0n) is 17.0. The van der Waals surface area contributed by atoms with Gasteiger partial charge in [0, 0.05) is 38.8 Å². The van der Waals surface area contributed by atoms with Crippen molar-refractivity contribution in [1.82, 2.24) is 9.80 Å². The van der Waals surface area contributed by atoms with Crippen molar-refractivity contribution < 1.29 is 9.18 Å². The topological polar surface area (TPSA) is 50.6 Å². The number of hydrogen-bond acceptors (Lipinski definition) is 4. The minimum absolute atomic E-state index is 0.113. The van der Waals surface area contributed by atoms with Crippen LogP contribution in [-0.4, -0.2) is 54.5 Å². The summed E-state index contributed by atoms with van der Waals surface area (Å²) in [6.07, 6.45) is 0. The fourth-order valence-electron chi connectivity index (χ4n) is 3.60. The molecule has 0 saturated carbocycles. The van der Waals surface area contributed by atoms with Gasteiger partial charge in [0.05, 0.1) is 23.9 Å². The lowest BCUT2D eigenvalue weighted by molar-refractivity contribution is -0.134. The summed E-state index contributed by atoms with van der Waals surface area (Å²) in [6, 6.07) is 16.7. The lowest BCUT2D eigenvalue weighted by atomic mass is 10.1. The third kappa shape index (κ3) is 5.33. The molecule has 0 N–H and O–H groups in total. The lowest BCUT2D eigenvalue weighted by Gasteiger charge is -2.37. The average Bonchev–Trinajstić information content (AvgIpc) is 2.73. The summed E-state index contributed by atoms with van der Waals surface area (Å²) in [4.78, 5) is 18.9. The molecule has 0 aromatic heterocycles. The van der Waals surface area contributed by atoms with Crippen molar-refractivity contribution in [3.05, 3.63) is 65.5 Å². The van der Waals surface area contributed by atoms with Gasteiger partial charge in [0.15, 0.2) is 0 Å². The van der Waals surface area contributed by atoms with E-state index in [1.807, 2.05) is 60.0 Å². The van der Waals surface area contributed by atoms with E-state index in [0.29, 0.717) is 50.5 Å². The molecule has 3 rings (SSSR count). The monoisotopic (exact) mass is 394 g/mol. The van der Waals surface area contributed by atoms with Crippen LogP contribution in [0.4, 0.5) is 10.1 Å². The van der Waals surface area contributed by atoms with Gasteiger partial charge in [0.25, 0.3) is 0 Å². The minimum atomic E-state index is -0.373. The molecule has 1 aliphatic rings. The number of benzene rings is 2. The van der Waals surface area contributed by atoms with Gasteiger partial charge >= 0.3 is 0 Å². The smallest absolute Gasteiger partial charge is 0.237 e. The minimum Gasteiger partial charge on any atom is -0.367 e. The van der Waals surface area contributed by atoms with Crippen molar-refractivity contribution in [2.45, 2.75) is 26.4 Å². The van der Waals surface area contributed by atoms with Gasteiger partial charge in [-0.2, -0.15) is 5.26 Å². The second-order valence-electron chi connectivity index (χ2n) is 7.64. The number of piperazine rings is 1. The molecule has 1 aliphatic heterocycles. The van der Waals surface area contributed by atoms with Crippen LogP contribution in [-0.2, 0) is 11.3 Å². The van der Waals surface area contributed by atoms with Crippen molar-refractivity contribution in [3.8, 4) is 6.07 Å². The first-order valence-electron chi connectivity index (χ1n) is 9.98. The maximum atomic E-state index is 14.3. The predicted molar refractivity (Wildman–Crippen MR) is 112 cm³/mol. The molecule has 1 heterocycles. The average molecular weight is 394 g/mol. The van der Waals surface area contributed by atoms with Crippen molar-refractivity contribution in [1.29, 1.82) is 5.26 Å². The van der Waals surface area contributed by atoms with E-state index in [-0.39, 0.29) is 17.8 Å². The number of hydrogen-bond donors (Lipinski definition) is 0. The third-order valence-electron chi connectivity index (χ3n) is 5.29.